The fourth-order valence-electron chi connectivity index (χ4n) is 3.85. The SMILES string of the molecule is C=C(c1nc(NC(C)CCC)ncc1C(=O)N(C)CCN(C)C)[C@H]1CC[C@H](O)CC1. The van der Waals surface area contributed by atoms with Crippen LogP contribution in [0.25, 0.3) is 5.57 Å². The summed E-state index contributed by atoms with van der Waals surface area (Å²) in [5.74, 6) is 0.676. The lowest BCUT2D eigenvalue weighted by molar-refractivity contribution is 0.0784. The Kier molecular flexibility index (Phi) is 9.24. The highest BCUT2D eigenvalue weighted by molar-refractivity contribution is 5.98. The number of carbonyl (C=O) groups excluding carboxylic acids is 1. The molecule has 1 aromatic rings. The van der Waals surface area contributed by atoms with Crippen molar-refractivity contribution in [2.75, 3.05) is 39.5 Å². The van der Waals surface area contributed by atoms with E-state index in [1.165, 1.54) is 0 Å². The number of allylic oxidation sites excluding steroid dienone is 1. The predicted molar refractivity (Wildman–Crippen MR) is 123 cm³/mol. The van der Waals surface area contributed by atoms with Gasteiger partial charge in [0.2, 0.25) is 5.95 Å². The highest BCUT2D eigenvalue weighted by Crippen LogP contribution is 2.35. The summed E-state index contributed by atoms with van der Waals surface area (Å²) in [5.41, 5.74) is 2.01. The molecule has 1 saturated carbocycles. The van der Waals surface area contributed by atoms with Crippen molar-refractivity contribution in [3.63, 3.8) is 0 Å². The molecule has 0 radical (unpaired) electrons. The second-order valence-corrected chi connectivity index (χ2v) is 8.85. The first kappa shape index (κ1) is 24.3. The Balaban J connectivity index is 2.30. The number of rotatable bonds is 10. The molecule has 0 saturated heterocycles. The van der Waals surface area contributed by atoms with E-state index >= 15 is 0 Å². The van der Waals surface area contributed by atoms with E-state index in [1.807, 2.05) is 21.1 Å². The highest BCUT2D eigenvalue weighted by atomic mass is 16.3. The average Bonchev–Trinajstić information content (AvgIpc) is 2.71. The molecule has 1 aromatic heterocycles. The van der Waals surface area contributed by atoms with Crippen molar-refractivity contribution < 1.29 is 9.90 Å². The summed E-state index contributed by atoms with van der Waals surface area (Å²) in [6.07, 6.45) is 6.76. The fourth-order valence-corrected chi connectivity index (χ4v) is 3.85. The van der Waals surface area contributed by atoms with Crippen LogP contribution in [0, 0.1) is 5.92 Å². The summed E-state index contributed by atoms with van der Waals surface area (Å²) < 4.78 is 0. The number of anilines is 1. The maximum absolute atomic E-state index is 13.2. The van der Waals surface area contributed by atoms with Crippen LogP contribution in [0.1, 0.15) is 68.4 Å². The maximum Gasteiger partial charge on any atom is 0.257 e. The van der Waals surface area contributed by atoms with Crippen molar-refractivity contribution in [1.29, 1.82) is 0 Å². The quantitative estimate of drug-likeness (QED) is 0.608. The van der Waals surface area contributed by atoms with Crippen LogP contribution in [-0.2, 0) is 0 Å². The van der Waals surface area contributed by atoms with Gasteiger partial charge in [-0.05, 0) is 64.6 Å². The molecule has 0 bridgehead atoms. The zero-order valence-corrected chi connectivity index (χ0v) is 19.3. The summed E-state index contributed by atoms with van der Waals surface area (Å²) in [6, 6.07) is 0.255. The molecule has 2 N–H and O–H groups in total. The molecule has 168 valence electrons. The van der Waals surface area contributed by atoms with Gasteiger partial charge in [0.25, 0.3) is 5.91 Å². The molecule has 1 atom stereocenters. The summed E-state index contributed by atoms with van der Waals surface area (Å²) in [7, 11) is 5.79. The molecule has 1 aliphatic rings. The third-order valence-corrected chi connectivity index (χ3v) is 5.84. The van der Waals surface area contributed by atoms with Gasteiger partial charge in [0.15, 0.2) is 0 Å². The third-order valence-electron chi connectivity index (χ3n) is 5.84. The van der Waals surface area contributed by atoms with Crippen LogP contribution in [0.2, 0.25) is 0 Å². The molecule has 1 heterocycles. The largest absolute Gasteiger partial charge is 0.393 e. The standard InChI is InChI=1S/C23H39N5O2/c1-7-8-16(2)25-23-24-15-20(22(30)28(6)14-13-27(4)5)21(26-23)17(3)18-9-11-19(29)12-10-18/h15-16,18-19,29H,3,7-14H2,1-2,4-6H3,(H,24,25,26)/t16?,18-,19-. The Morgan fingerprint density at radius 2 is 1.93 bits per heavy atom. The summed E-state index contributed by atoms with van der Waals surface area (Å²) in [5, 5.41) is 13.2. The molecule has 1 fully saturated rings. The van der Waals surface area contributed by atoms with E-state index in [4.69, 9.17) is 4.98 Å². The van der Waals surface area contributed by atoms with Gasteiger partial charge in [-0.15, -0.1) is 0 Å². The number of likely N-dealkylation sites (N-methyl/N-ethyl adjacent to an activating group) is 2. The third kappa shape index (κ3) is 6.77. The minimum Gasteiger partial charge on any atom is -0.393 e. The van der Waals surface area contributed by atoms with Crippen molar-refractivity contribution in [3.8, 4) is 0 Å². The number of aromatic nitrogens is 2. The molecule has 30 heavy (non-hydrogen) atoms. The topological polar surface area (TPSA) is 81.6 Å². The smallest absolute Gasteiger partial charge is 0.257 e. The van der Waals surface area contributed by atoms with E-state index in [2.05, 4.69) is 35.6 Å². The van der Waals surface area contributed by atoms with E-state index in [0.717, 1.165) is 50.6 Å². The molecule has 1 aliphatic carbocycles. The van der Waals surface area contributed by atoms with Crippen LogP contribution in [0.5, 0.6) is 0 Å². The average molecular weight is 418 g/mol. The first-order chi connectivity index (χ1) is 14.2. The Labute approximate surface area is 181 Å². The molecular weight excluding hydrogens is 378 g/mol. The number of hydrogen-bond donors (Lipinski definition) is 2. The van der Waals surface area contributed by atoms with Crippen molar-refractivity contribution in [2.24, 2.45) is 5.92 Å². The van der Waals surface area contributed by atoms with Gasteiger partial charge >= 0.3 is 0 Å². The normalized spacial score (nSPS) is 20.1. The van der Waals surface area contributed by atoms with E-state index in [9.17, 15) is 9.90 Å². The monoisotopic (exact) mass is 417 g/mol. The summed E-state index contributed by atoms with van der Waals surface area (Å²) in [4.78, 5) is 26.1. The lowest BCUT2D eigenvalue weighted by Gasteiger charge is -2.28. The van der Waals surface area contributed by atoms with Gasteiger partial charge < -0.3 is 20.2 Å². The van der Waals surface area contributed by atoms with Gasteiger partial charge in [-0.2, -0.15) is 0 Å². The van der Waals surface area contributed by atoms with Crippen LogP contribution in [-0.4, -0.2) is 77.2 Å². The van der Waals surface area contributed by atoms with Gasteiger partial charge in [0, 0.05) is 32.4 Å². The Bertz CT molecular complexity index is 714. The predicted octanol–water partition coefficient (Wildman–Crippen LogP) is 3.28. The molecule has 7 nitrogen and oxygen atoms in total. The molecule has 1 amide bonds. The number of aliphatic hydroxyl groups is 1. The maximum atomic E-state index is 13.2. The van der Waals surface area contributed by atoms with Crippen LogP contribution in [0.4, 0.5) is 5.95 Å². The number of aliphatic hydroxyl groups excluding tert-OH is 1. The zero-order valence-electron chi connectivity index (χ0n) is 19.3. The minimum atomic E-state index is -0.232. The minimum absolute atomic E-state index is 0.0861. The van der Waals surface area contributed by atoms with Gasteiger partial charge in [0.1, 0.15) is 0 Å². The van der Waals surface area contributed by atoms with Crippen molar-refractivity contribution >= 4 is 17.4 Å². The molecule has 0 aromatic carbocycles. The molecular formula is C23H39N5O2. The van der Waals surface area contributed by atoms with Crippen LogP contribution in [0.15, 0.2) is 12.8 Å². The highest BCUT2D eigenvalue weighted by Gasteiger charge is 2.27. The molecule has 0 spiro atoms. The van der Waals surface area contributed by atoms with Gasteiger partial charge in [-0.1, -0.05) is 19.9 Å². The van der Waals surface area contributed by atoms with Crippen molar-refractivity contribution in [1.82, 2.24) is 19.8 Å². The van der Waals surface area contributed by atoms with E-state index in [0.29, 0.717) is 23.8 Å². The van der Waals surface area contributed by atoms with Gasteiger partial charge in [-0.25, -0.2) is 9.97 Å². The lowest BCUT2D eigenvalue weighted by Crippen LogP contribution is -2.34. The summed E-state index contributed by atoms with van der Waals surface area (Å²) in [6.45, 7) is 10.00. The Hall–Kier alpha value is -1.99. The molecule has 7 heteroatoms. The molecule has 2 rings (SSSR count). The first-order valence-corrected chi connectivity index (χ1v) is 11.1. The van der Waals surface area contributed by atoms with Crippen molar-refractivity contribution in [2.45, 2.75) is 64.5 Å². The molecule has 0 aliphatic heterocycles. The molecule has 1 unspecified atom stereocenters. The second-order valence-electron chi connectivity index (χ2n) is 8.85. The number of amides is 1. The Morgan fingerprint density at radius 3 is 2.53 bits per heavy atom. The lowest BCUT2D eigenvalue weighted by atomic mass is 9.81. The zero-order chi connectivity index (χ0) is 22.3. The summed E-state index contributed by atoms with van der Waals surface area (Å²) >= 11 is 0. The van der Waals surface area contributed by atoms with Gasteiger partial charge in [-0.3, -0.25) is 4.79 Å². The van der Waals surface area contributed by atoms with E-state index in [-0.39, 0.29) is 24.0 Å². The Morgan fingerprint density at radius 1 is 1.27 bits per heavy atom. The fraction of sp³-hybridized carbons (Fsp3) is 0.696. The first-order valence-electron chi connectivity index (χ1n) is 11.1. The second kappa shape index (κ2) is 11.4. The van der Waals surface area contributed by atoms with Crippen LogP contribution in [0.3, 0.4) is 0 Å². The number of carbonyl (C=O) groups is 1. The number of nitrogens with zero attached hydrogens (tertiary/aromatic N) is 4. The van der Waals surface area contributed by atoms with E-state index in [1.54, 1.807) is 11.1 Å². The number of nitrogens with one attached hydrogen (secondary N) is 1. The van der Waals surface area contributed by atoms with E-state index < -0.39 is 0 Å². The number of hydrogen-bond acceptors (Lipinski definition) is 6. The van der Waals surface area contributed by atoms with Gasteiger partial charge in [0.05, 0.1) is 17.4 Å². The van der Waals surface area contributed by atoms with Crippen LogP contribution >= 0.6 is 0 Å². The van der Waals surface area contributed by atoms with Crippen LogP contribution < -0.4 is 5.32 Å². The van der Waals surface area contributed by atoms with Crippen molar-refractivity contribution in [3.05, 3.63) is 24.0 Å².